The van der Waals surface area contributed by atoms with Crippen LogP contribution in [-0.2, 0) is 14.8 Å². The smallest absolute Gasteiger partial charge is 0.262 e. The van der Waals surface area contributed by atoms with Crippen molar-refractivity contribution in [3.05, 3.63) is 52.5 Å². The second kappa shape index (κ2) is 9.28. The van der Waals surface area contributed by atoms with Crippen molar-refractivity contribution in [2.75, 3.05) is 11.9 Å². The maximum atomic E-state index is 12.3. The van der Waals surface area contributed by atoms with Crippen LogP contribution in [-0.4, -0.2) is 26.5 Å². The van der Waals surface area contributed by atoms with Crippen molar-refractivity contribution in [3.63, 3.8) is 0 Å². The lowest BCUT2D eigenvalue weighted by Gasteiger charge is -2.20. The highest BCUT2D eigenvalue weighted by Crippen LogP contribution is 2.29. The molecular weight excluding hydrogens is 456 g/mol. The van der Waals surface area contributed by atoms with Gasteiger partial charge in [-0.05, 0) is 74.7 Å². The number of carbonyl (C=O) groups excluding carboxylic acids is 1. The number of ether oxygens (including phenoxy) is 1. The van der Waals surface area contributed by atoms with E-state index in [0.717, 1.165) is 10.0 Å². The second-order valence-corrected chi connectivity index (χ2v) is 10.7. The third-order valence-electron chi connectivity index (χ3n) is 3.84. The topological polar surface area (TPSA) is 84.5 Å². The van der Waals surface area contributed by atoms with Gasteiger partial charge in [0.25, 0.3) is 5.91 Å². The summed E-state index contributed by atoms with van der Waals surface area (Å²) in [5.41, 5.74) is 0.923. The van der Waals surface area contributed by atoms with Crippen LogP contribution in [0.25, 0.3) is 0 Å². The van der Waals surface area contributed by atoms with Crippen LogP contribution in [0.1, 0.15) is 46.1 Å². The van der Waals surface area contributed by atoms with Crippen LogP contribution in [0, 0.1) is 0 Å². The van der Waals surface area contributed by atoms with E-state index in [4.69, 9.17) is 4.74 Å². The van der Waals surface area contributed by atoms with Crippen LogP contribution in [0.4, 0.5) is 5.69 Å². The van der Waals surface area contributed by atoms with Crippen LogP contribution < -0.4 is 14.8 Å². The molecule has 0 spiro atoms. The molecule has 2 N–H and O–H groups in total. The standard InChI is InChI=1S/C21H27BrN2O4S/c1-14(2)18-12-15(22)6-11-19(18)28-13-20(25)23-16-7-9-17(10-8-16)29(26,27)24-21(3,4)5/h6-12,14,24H,13H2,1-5H3,(H,23,25). The number of anilines is 1. The summed E-state index contributed by atoms with van der Waals surface area (Å²) in [5, 5.41) is 2.71. The summed E-state index contributed by atoms with van der Waals surface area (Å²) < 4.78 is 33.9. The molecule has 2 aromatic carbocycles. The highest BCUT2D eigenvalue weighted by molar-refractivity contribution is 9.10. The minimum Gasteiger partial charge on any atom is -0.483 e. The summed E-state index contributed by atoms with van der Waals surface area (Å²) in [6, 6.07) is 11.7. The van der Waals surface area contributed by atoms with Gasteiger partial charge < -0.3 is 10.1 Å². The number of carbonyl (C=O) groups is 1. The molecule has 8 heteroatoms. The number of benzene rings is 2. The Morgan fingerprint density at radius 3 is 2.28 bits per heavy atom. The number of nitrogens with one attached hydrogen (secondary N) is 2. The Labute approximate surface area is 181 Å². The highest BCUT2D eigenvalue weighted by atomic mass is 79.9. The molecule has 2 aromatic rings. The van der Waals surface area contributed by atoms with E-state index in [9.17, 15) is 13.2 Å². The SMILES string of the molecule is CC(C)c1cc(Br)ccc1OCC(=O)Nc1ccc(S(=O)(=O)NC(C)(C)C)cc1. The zero-order chi connectivity index (χ0) is 21.8. The minimum absolute atomic E-state index is 0.137. The average molecular weight is 483 g/mol. The zero-order valence-electron chi connectivity index (χ0n) is 17.2. The molecule has 158 valence electrons. The lowest BCUT2D eigenvalue weighted by atomic mass is 10.0. The predicted molar refractivity (Wildman–Crippen MR) is 119 cm³/mol. The molecule has 0 aliphatic rings. The van der Waals surface area contributed by atoms with E-state index in [-0.39, 0.29) is 23.3 Å². The summed E-state index contributed by atoms with van der Waals surface area (Å²) in [6.07, 6.45) is 0. The van der Waals surface area contributed by atoms with Crippen LogP contribution in [0.15, 0.2) is 51.8 Å². The Balaban J connectivity index is 2.00. The number of amides is 1. The lowest BCUT2D eigenvalue weighted by Crippen LogP contribution is -2.40. The molecule has 6 nitrogen and oxygen atoms in total. The Kier molecular flexibility index (Phi) is 7.48. The van der Waals surface area contributed by atoms with E-state index < -0.39 is 15.6 Å². The molecule has 0 atom stereocenters. The number of rotatable bonds is 7. The van der Waals surface area contributed by atoms with Gasteiger partial charge in [-0.2, -0.15) is 0 Å². The summed E-state index contributed by atoms with van der Waals surface area (Å²) in [7, 11) is -3.62. The lowest BCUT2D eigenvalue weighted by molar-refractivity contribution is -0.118. The van der Waals surface area contributed by atoms with Crippen LogP contribution in [0.2, 0.25) is 0 Å². The fraction of sp³-hybridized carbons (Fsp3) is 0.381. The molecule has 0 bridgehead atoms. The first-order chi connectivity index (χ1) is 13.4. The predicted octanol–water partition coefficient (Wildman–Crippen LogP) is 4.67. The molecule has 0 fully saturated rings. The van der Waals surface area contributed by atoms with Crippen molar-refractivity contribution in [2.45, 2.75) is 51.0 Å². The Morgan fingerprint density at radius 1 is 1.10 bits per heavy atom. The van der Waals surface area contributed by atoms with Crippen LogP contribution in [0.5, 0.6) is 5.75 Å². The first-order valence-electron chi connectivity index (χ1n) is 9.23. The van der Waals surface area contributed by atoms with E-state index in [2.05, 4.69) is 39.8 Å². The highest BCUT2D eigenvalue weighted by Gasteiger charge is 2.21. The van der Waals surface area contributed by atoms with Gasteiger partial charge in [-0.3, -0.25) is 4.79 Å². The van der Waals surface area contributed by atoms with Gasteiger partial charge in [0, 0.05) is 15.7 Å². The maximum absolute atomic E-state index is 12.3. The van der Waals surface area contributed by atoms with E-state index in [0.29, 0.717) is 11.4 Å². The van der Waals surface area contributed by atoms with Crippen LogP contribution >= 0.6 is 15.9 Å². The quantitative estimate of drug-likeness (QED) is 0.600. The van der Waals surface area contributed by atoms with E-state index >= 15 is 0 Å². The van der Waals surface area contributed by atoms with Crippen molar-refractivity contribution in [2.24, 2.45) is 0 Å². The van der Waals surface area contributed by atoms with Gasteiger partial charge in [-0.25, -0.2) is 13.1 Å². The first-order valence-corrected chi connectivity index (χ1v) is 11.5. The summed E-state index contributed by atoms with van der Waals surface area (Å²) >= 11 is 3.44. The Hall–Kier alpha value is -1.90. The largest absolute Gasteiger partial charge is 0.483 e. The van der Waals surface area contributed by atoms with Gasteiger partial charge in [-0.1, -0.05) is 29.8 Å². The fourth-order valence-corrected chi connectivity index (χ4v) is 4.42. The third kappa shape index (κ3) is 7.13. The van der Waals surface area contributed by atoms with Gasteiger partial charge in [-0.15, -0.1) is 0 Å². The van der Waals surface area contributed by atoms with E-state index in [1.807, 2.05) is 18.2 Å². The van der Waals surface area contributed by atoms with Crippen LogP contribution in [0.3, 0.4) is 0 Å². The molecule has 29 heavy (non-hydrogen) atoms. The normalized spacial score (nSPS) is 12.1. The molecule has 0 saturated carbocycles. The van der Waals surface area contributed by atoms with E-state index in [1.165, 1.54) is 12.1 Å². The second-order valence-electron chi connectivity index (χ2n) is 8.05. The van der Waals surface area contributed by atoms with Crippen molar-refractivity contribution in [1.29, 1.82) is 0 Å². The number of halogens is 1. The number of hydrogen-bond donors (Lipinski definition) is 2. The van der Waals surface area contributed by atoms with Gasteiger partial charge in [0.2, 0.25) is 10.0 Å². The summed E-state index contributed by atoms with van der Waals surface area (Å²) in [5.74, 6) is 0.584. The first kappa shape index (κ1) is 23.4. The van der Waals surface area contributed by atoms with Crippen molar-refractivity contribution in [1.82, 2.24) is 4.72 Å². The molecule has 0 saturated heterocycles. The molecule has 0 aliphatic heterocycles. The molecule has 0 aliphatic carbocycles. The molecule has 2 rings (SSSR count). The molecule has 1 amide bonds. The number of hydrogen-bond acceptors (Lipinski definition) is 4. The van der Waals surface area contributed by atoms with Crippen molar-refractivity contribution in [3.8, 4) is 5.75 Å². The fourth-order valence-electron chi connectivity index (χ4n) is 2.62. The van der Waals surface area contributed by atoms with Crippen molar-refractivity contribution >= 4 is 37.5 Å². The number of sulfonamides is 1. The van der Waals surface area contributed by atoms with Crippen molar-refractivity contribution < 1.29 is 17.9 Å². The van der Waals surface area contributed by atoms with E-state index in [1.54, 1.807) is 32.9 Å². The van der Waals surface area contributed by atoms with Gasteiger partial charge in [0.1, 0.15) is 5.75 Å². The Morgan fingerprint density at radius 2 is 1.72 bits per heavy atom. The molecule has 0 unspecified atom stereocenters. The monoisotopic (exact) mass is 482 g/mol. The molecule has 0 heterocycles. The van der Waals surface area contributed by atoms with Gasteiger partial charge >= 0.3 is 0 Å². The maximum Gasteiger partial charge on any atom is 0.262 e. The minimum atomic E-state index is -3.62. The third-order valence-corrected chi connectivity index (χ3v) is 6.11. The summed E-state index contributed by atoms with van der Waals surface area (Å²) in [4.78, 5) is 12.4. The van der Waals surface area contributed by atoms with Gasteiger partial charge in [0.15, 0.2) is 6.61 Å². The Bertz CT molecular complexity index is 965. The zero-order valence-corrected chi connectivity index (χ0v) is 19.6. The molecule has 0 radical (unpaired) electrons. The summed E-state index contributed by atoms with van der Waals surface area (Å²) in [6.45, 7) is 9.28. The molecular formula is C21H27BrN2O4S. The average Bonchev–Trinajstić information content (AvgIpc) is 2.59. The molecule has 0 aromatic heterocycles. The van der Waals surface area contributed by atoms with Gasteiger partial charge in [0.05, 0.1) is 4.90 Å².